The summed E-state index contributed by atoms with van der Waals surface area (Å²) in [6.45, 7) is 0.817. The minimum atomic E-state index is -0.770. The average Bonchev–Trinajstić information content (AvgIpc) is 3.39. The molecule has 1 amide bonds. The Kier molecular flexibility index (Phi) is 4.49. The Morgan fingerprint density at radius 3 is 2.70 bits per heavy atom. The quantitative estimate of drug-likeness (QED) is 0.377. The number of carbonyl (C=O) groups excluding carboxylic acids is 2. The van der Waals surface area contributed by atoms with Gasteiger partial charge in [0.2, 0.25) is 0 Å². The van der Waals surface area contributed by atoms with Crippen LogP contribution in [0.2, 0.25) is 5.02 Å². The van der Waals surface area contributed by atoms with Gasteiger partial charge in [-0.2, -0.15) is 0 Å². The van der Waals surface area contributed by atoms with E-state index >= 15 is 0 Å². The molecule has 6 rings (SSSR count). The molecular weight excluding hydrogens is 436 g/mol. The number of benzene rings is 3. The van der Waals surface area contributed by atoms with Gasteiger partial charge in [-0.25, -0.2) is 4.79 Å². The molecule has 33 heavy (non-hydrogen) atoms. The Balaban J connectivity index is 1.27. The molecule has 0 N–H and O–H groups in total. The van der Waals surface area contributed by atoms with E-state index in [1.807, 2.05) is 60.7 Å². The number of nitrogens with zero attached hydrogens (tertiary/aromatic N) is 2. The van der Waals surface area contributed by atoms with Crippen molar-refractivity contribution in [2.75, 3.05) is 13.1 Å². The van der Waals surface area contributed by atoms with Gasteiger partial charge in [0, 0.05) is 30.1 Å². The molecule has 2 aliphatic heterocycles. The van der Waals surface area contributed by atoms with Crippen molar-refractivity contribution in [3.8, 4) is 11.1 Å². The third-order valence-corrected chi connectivity index (χ3v) is 6.90. The zero-order chi connectivity index (χ0) is 22.6. The molecule has 6 heteroatoms. The van der Waals surface area contributed by atoms with Crippen LogP contribution < -0.4 is 0 Å². The molecular formula is C27H19ClN2O3. The van der Waals surface area contributed by atoms with Crippen LogP contribution in [0.25, 0.3) is 22.0 Å². The fourth-order valence-electron chi connectivity index (χ4n) is 4.89. The Hall–Kier alpha value is -3.70. The van der Waals surface area contributed by atoms with Gasteiger partial charge in [-0.05, 0) is 41.5 Å². The van der Waals surface area contributed by atoms with Gasteiger partial charge in [0.05, 0.1) is 28.2 Å². The summed E-state index contributed by atoms with van der Waals surface area (Å²) in [5.41, 5.74) is 3.91. The second-order valence-electron chi connectivity index (χ2n) is 8.51. The molecule has 1 atom stereocenters. The first kappa shape index (κ1) is 19.9. The van der Waals surface area contributed by atoms with Gasteiger partial charge in [0.25, 0.3) is 5.91 Å². The number of hydrogen-bond acceptors (Lipinski definition) is 4. The number of likely N-dealkylation sites (tertiary alicyclic amines) is 1. The zero-order valence-corrected chi connectivity index (χ0v) is 18.4. The van der Waals surface area contributed by atoms with Crippen LogP contribution in [0, 0.1) is 0 Å². The van der Waals surface area contributed by atoms with Crippen LogP contribution in [0.15, 0.2) is 79.0 Å². The Labute approximate surface area is 195 Å². The van der Waals surface area contributed by atoms with Crippen LogP contribution in [0.4, 0.5) is 0 Å². The average molecular weight is 455 g/mol. The van der Waals surface area contributed by atoms with Crippen LogP contribution in [0.3, 0.4) is 0 Å². The number of amides is 1. The second kappa shape index (κ2) is 7.42. The molecule has 0 unspecified atom stereocenters. The maximum Gasteiger partial charge on any atom is 0.339 e. The number of ether oxygens (including phenoxy) is 1. The molecule has 4 aromatic rings. The summed E-state index contributed by atoms with van der Waals surface area (Å²) in [4.78, 5) is 31.8. The molecule has 2 aliphatic rings. The molecule has 162 valence electrons. The predicted molar refractivity (Wildman–Crippen MR) is 126 cm³/mol. The van der Waals surface area contributed by atoms with Gasteiger partial charge in [0.15, 0.2) is 5.60 Å². The summed E-state index contributed by atoms with van der Waals surface area (Å²) in [5, 5.41) is 1.46. The van der Waals surface area contributed by atoms with E-state index in [0.29, 0.717) is 35.7 Å². The first-order valence-corrected chi connectivity index (χ1v) is 11.2. The molecule has 1 spiro atoms. The Morgan fingerprint density at radius 2 is 1.82 bits per heavy atom. The van der Waals surface area contributed by atoms with Crippen LogP contribution in [0.5, 0.6) is 0 Å². The van der Waals surface area contributed by atoms with E-state index in [1.165, 1.54) is 0 Å². The fraction of sp³-hybridized carbons (Fsp3) is 0.148. The van der Waals surface area contributed by atoms with Gasteiger partial charge in [-0.3, -0.25) is 9.78 Å². The lowest BCUT2D eigenvalue weighted by Gasteiger charge is -2.24. The van der Waals surface area contributed by atoms with E-state index in [4.69, 9.17) is 16.3 Å². The molecule has 5 nitrogen and oxygen atoms in total. The standard InChI is InChI=1S/C27H19ClN2O3/c28-23-14-18(19-8-7-17-4-3-12-29-24(17)15-19)9-10-21(23)25(31)30-13-11-27(16-30)22-6-2-1-5-20(22)26(32)33-27/h1-10,12,14-15H,11,13,16H2/t27-/m0/s1. The van der Waals surface area contributed by atoms with Crippen LogP contribution in [-0.2, 0) is 10.3 Å². The zero-order valence-electron chi connectivity index (χ0n) is 17.6. The van der Waals surface area contributed by atoms with Crippen LogP contribution in [0.1, 0.15) is 32.7 Å². The highest BCUT2D eigenvalue weighted by molar-refractivity contribution is 6.34. The summed E-state index contributed by atoms with van der Waals surface area (Å²) in [7, 11) is 0. The van der Waals surface area contributed by atoms with Gasteiger partial charge in [-0.1, -0.05) is 54.1 Å². The number of esters is 1. The molecule has 0 aliphatic carbocycles. The largest absolute Gasteiger partial charge is 0.449 e. The summed E-state index contributed by atoms with van der Waals surface area (Å²) in [5.74, 6) is -0.490. The van der Waals surface area contributed by atoms with Crippen molar-refractivity contribution in [2.45, 2.75) is 12.0 Å². The molecule has 1 saturated heterocycles. The lowest BCUT2D eigenvalue weighted by molar-refractivity contribution is -0.00306. The first-order valence-electron chi connectivity index (χ1n) is 10.8. The summed E-state index contributed by atoms with van der Waals surface area (Å²) in [6, 6.07) is 22.9. The molecule has 3 aromatic carbocycles. The lowest BCUT2D eigenvalue weighted by atomic mass is 9.91. The number of carbonyl (C=O) groups is 2. The van der Waals surface area contributed by atoms with Gasteiger partial charge in [0.1, 0.15) is 0 Å². The first-order chi connectivity index (χ1) is 16.0. The SMILES string of the molecule is O=C1O[C@]2(CCN(C(=O)c3ccc(-c4ccc5cccnc5c4)cc3Cl)C2)c2ccccc21. The summed E-state index contributed by atoms with van der Waals surface area (Å²) < 4.78 is 5.77. The van der Waals surface area contributed by atoms with Crippen molar-refractivity contribution in [1.29, 1.82) is 0 Å². The predicted octanol–water partition coefficient (Wildman–Crippen LogP) is 5.47. The molecule has 0 radical (unpaired) electrons. The van der Waals surface area contributed by atoms with Crippen LogP contribution >= 0.6 is 11.6 Å². The second-order valence-corrected chi connectivity index (χ2v) is 8.92. The monoisotopic (exact) mass is 454 g/mol. The minimum Gasteiger partial charge on any atom is -0.449 e. The number of hydrogen-bond donors (Lipinski definition) is 0. The smallest absolute Gasteiger partial charge is 0.339 e. The molecule has 0 bridgehead atoms. The number of pyridine rings is 1. The normalized spacial score (nSPS) is 19.2. The number of fused-ring (bicyclic) bond motifs is 3. The molecule has 3 heterocycles. The third-order valence-electron chi connectivity index (χ3n) is 6.58. The van der Waals surface area contributed by atoms with E-state index in [2.05, 4.69) is 4.98 Å². The van der Waals surface area contributed by atoms with Gasteiger partial charge < -0.3 is 9.64 Å². The van der Waals surface area contributed by atoms with Crippen molar-refractivity contribution in [3.05, 3.63) is 101 Å². The highest BCUT2D eigenvalue weighted by Gasteiger charge is 2.51. The topological polar surface area (TPSA) is 59.5 Å². The third kappa shape index (κ3) is 3.19. The maximum absolute atomic E-state index is 13.3. The fourth-order valence-corrected chi connectivity index (χ4v) is 5.15. The summed E-state index contributed by atoms with van der Waals surface area (Å²) in [6.07, 6.45) is 2.34. The Morgan fingerprint density at radius 1 is 1.00 bits per heavy atom. The number of rotatable bonds is 2. The highest BCUT2D eigenvalue weighted by atomic mass is 35.5. The summed E-state index contributed by atoms with van der Waals surface area (Å²) >= 11 is 6.58. The van der Waals surface area contributed by atoms with E-state index in [1.54, 1.807) is 23.2 Å². The Bertz CT molecular complexity index is 1450. The van der Waals surface area contributed by atoms with Crippen molar-refractivity contribution < 1.29 is 14.3 Å². The lowest BCUT2D eigenvalue weighted by Crippen LogP contribution is -2.34. The van der Waals surface area contributed by atoms with Crippen molar-refractivity contribution in [1.82, 2.24) is 9.88 Å². The molecule has 1 fully saturated rings. The van der Waals surface area contributed by atoms with E-state index in [9.17, 15) is 9.59 Å². The van der Waals surface area contributed by atoms with Crippen molar-refractivity contribution >= 4 is 34.4 Å². The van der Waals surface area contributed by atoms with E-state index in [0.717, 1.165) is 27.6 Å². The van der Waals surface area contributed by atoms with Crippen LogP contribution in [-0.4, -0.2) is 34.8 Å². The molecule has 0 saturated carbocycles. The van der Waals surface area contributed by atoms with Gasteiger partial charge >= 0.3 is 5.97 Å². The van der Waals surface area contributed by atoms with Crippen molar-refractivity contribution in [3.63, 3.8) is 0 Å². The number of aromatic nitrogens is 1. The highest BCUT2D eigenvalue weighted by Crippen LogP contribution is 2.43. The molecule has 1 aromatic heterocycles. The number of halogens is 1. The van der Waals surface area contributed by atoms with Crippen molar-refractivity contribution in [2.24, 2.45) is 0 Å². The van der Waals surface area contributed by atoms with Gasteiger partial charge in [-0.15, -0.1) is 0 Å². The minimum absolute atomic E-state index is 0.163. The van der Waals surface area contributed by atoms with E-state index < -0.39 is 5.60 Å². The maximum atomic E-state index is 13.3. The van der Waals surface area contributed by atoms with E-state index in [-0.39, 0.29) is 11.9 Å².